The van der Waals surface area contributed by atoms with Crippen LogP contribution in [-0.2, 0) is 0 Å². The average Bonchev–Trinajstić information content (AvgIpc) is 2.99. The number of methoxy groups -OCH3 is 1. The summed E-state index contributed by atoms with van der Waals surface area (Å²) < 4.78 is 5.30. The van der Waals surface area contributed by atoms with Crippen molar-refractivity contribution >= 4 is 5.95 Å². The van der Waals surface area contributed by atoms with Crippen molar-refractivity contribution in [2.24, 2.45) is 11.7 Å². The number of rotatable bonds is 3. The Morgan fingerprint density at radius 1 is 1.48 bits per heavy atom. The molecule has 112 valence electrons. The third-order valence-corrected chi connectivity index (χ3v) is 4.03. The van der Waals surface area contributed by atoms with E-state index in [9.17, 15) is 0 Å². The lowest BCUT2D eigenvalue weighted by atomic mass is 9.95. The number of anilines is 1. The standard InChI is InChI=1S/C14H20N6O/c1-9-4-6-20(8-11(9)15)14-17-13(18-19-14)10-3-5-16-7-12(10)21-2/h3,5,7,9,11H,4,6,8,15H2,1-2H3,(H,17,18,19). The number of hydrogen-bond acceptors (Lipinski definition) is 6. The van der Waals surface area contributed by atoms with Crippen molar-refractivity contribution in [2.45, 2.75) is 19.4 Å². The molecule has 3 rings (SSSR count). The molecule has 0 amide bonds. The number of piperidine rings is 1. The van der Waals surface area contributed by atoms with Gasteiger partial charge in [-0.25, -0.2) is 0 Å². The van der Waals surface area contributed by atoms with Crippen LogP contribution in [0.2, 0.25) is 0 Å². The summed E-state index contributed by atoms with van der Waals surface area (Å²) in [6, 6.07) is 2.02. The monoisotopic (exact) mass is 288 g/mol. The summed E-state index contributed by atoms with van der Waals surface area (Å²) in [7, 11) is 1.61. The number of aromatic amines is 1. The highest BCUT2D eigenvalue weighted by Crippen LogP contribution is 2.27. The maximum absolute atomic E-state index is 6.13. The minimum Gasteiger partial charge on any atom is -0.494 e. The van der Waals surface area contributed by atoms with Gasteiger partial charge >= 0.3 is 0 Å². The van der Waals surface area contributed by atoms with Crippen LogP contribution in [0.15, 0.2) is 18.5 Å². The quantitative estimate of drug-likeness (QED) is 0.877. The van der Waals surface area contributed by atoms with E-state index in [1.807, 2.05) is 6.07 Å². The second-order valence-corrected chi connectivity index (χ2v) is 5.44. The normalized spacial score (nSPS) is 22.3. The molecule has 1 saturated heterocycles. The van der Waals surface area contributed by atoms with Crippen LogP contribution in [-0.4, -0.2) is 46.4 Å². The fourth-order valence-corrected chi connectivity index (χ4v) is 2.53. The Kier molecular flexibility index (Phi) is 3.74. The van der Waals surface area contributed by atoms with Crippen molar-refractivity contribution in [2.75, 3.05) is 25.1 Å². The molecule has 7 nitrogen and oxygen atoms in total. The smallest absolute Gasteiger partial charge is 0.245 e. The Hall–Kier alpha value is -2.15. The first kappa shape index (κ1) is 13.8. The van der Waals surface area contributed by atoms with Crippen molar-refractivity contribution in [3.63, 3.8) is 0 Å². The number of nitrogens with two attached hydrogens (primary N) is 1. The molecular weight excluding hydrogens is 268 g/mol. The summed E-state index contributed by atoms with van der Waals surface area (Å²) >= 11 is 0. The first-order valence-corrected chi connectivity index (χ1v) is 7.10. The van der Waals surface area contributed by atoms with Gasteiger partial charge in [-0.05, 0) is 18.4 Å². The lowest BCUT2D eigenvalue weighted by Gasteiger charge is -2.34. The minimum absolute atomic E-state index is 0.163. The van der Waals surface area contributed by atoms with Crippen LogP contribution in [0.3, 0.4) is 0 Å². The van der Waals surface area contributed by atoms with Crippen molar-refractivity contribution in [3.8, 4) is 17.1 Å². The van der Waals surface area contributed by atoms with E-state index >= 15 is 0 Å². The SMILES string of the molecule is COc1cnccc1-c1nc(N2CCC(C)C(N)C2)n[nH]1. The van der Waals surface area contributed by atoms with E-state index in [-0.39, 0.29) is 6.04 Å². The Morgan fingerprint density at radius 3 is 3.10 bits per heavy atom. The largest absolute Gasteiger partial charge is 0.494 e. The minimum atomic E-state index is 0.163. The van der Waals surface area contributed by atoms with Gasteiger partial charge in [0, 0.05) is 25.3 Å². The van der Waals surface area contributed by atoms with Crippen molar-refractivity contribution in [1.29, 1.82) is 0 Å². The fraction of sp³-hybridized carbons (Fsp3) is 0.500. The van der Waals surface area contributed by atoms with Gasteiger partial charge in [0.25, 0.3) is 0 Å². The van der Waals surface area contributed by atoms with Crippen molar-refractivity contribution in [3.05, 3.63) is 18.5 Å². The Balaban J connectivity index is 1.83. The third-order valence-electron chi connectivity index (χ3n) is 4.03. The van der Waals surface area contributed by atoms with Crippen LogP contribution in [0.1, 0.15) is 13.3 Å². The molecule has 0 bridgehead atoms. The van der Waals surface area contributed by atoms with Crippen molar-refractivity contribution in [1.82, 2.24) is 20.2 Å². The molecule has 2 aromatic heterocycles. The maximum Gasteiger partial charge on any atom is 0.245 e. The zero-order valence-electron chi connectivity index (χ0n) is 12.3. The molecule has 3 N–H and O–H groups in total. The number of H-pyrrole nitrogens is 1. The predicted molar refractivity (Wildman–Crippen MR) is 80.1 cm³/mol. The number of nitrogens with zero attached hydrogens (tertiary/aromatic N) is 4. The average molecular weight is 288 g/mol. The molecule has 21 heavy (non-hydrogen) atoms. The summed E-state index contributed by atoms with van der Waals surface area (Å²) in [5, 5.41) is 7.28. The highest BCUT2D eigenvalue weighted by atomic mass is 16.5. The lowest BCUT2D eigenvalue weighted by molar-refractivity contribution is 0.376. The van der Waals surface area contributed by atoms with Crippen LogP contribution in [0, 0.1) is 5.92 Å². The topological polar surface area (TPSA) is 93.0 Å². The predicted octanol–water partition coefficient (Wildman–Crippen LogP) is 1.05. The molecular formula is C14H20N6O. The molecule has 1 fully saturated rings. The Morgan fingerprint density at radius 2 is 2.33 bits per heavy atom. The summed E-state index contributed by atoms with van der Waals surface area (Å²) in [5.74, 6) is 2.58. The number of aromatic nitrogens is 4. The van der Waals surface area contributed by atoms with Gasteiger partial charge in [0.2, 0.25) is 5.95 Å². The fourth-order valence-electron chi connectivity index (χ4n) is 2.53. The van der Waals surface area contributed by atoms with Gasteiger partial charge in [0.1, 0.15) is 5.75 Å². The Labute approximate surface area is 123 Å². The van der Waals surface area contributed by atoms with Crippen LogP contribution < -0.4 is 15.4 Å². The van der Waals surface area contributed by atoms with Crippen LogP contribution in [0.4, 0.5) is 5.95 Å². The first-order valence-electron chi connectivity index (χ1n) is 7.10. The van der Waals surface area contributed by atoms with Gasteiger partial charge < -0.3 is 15.4 Å². The van der Waals surface area contributed by atoms with Gasteiger partial charge in [-0.2, -0.15) is 4.98 Å². The van der Waals surface area contributed by atoms with Crippen LogP contribution in [0.25, 0.3) is 11.4 Å². The molecule has 2 unspecified atom stereocenters. The molecule has 1 aliphatic rings. The highest BCUT2D eigenvalue weighted by Gasteiger charge is 2.25. The molecule has 1 aliphatic heterocycles. The van der Waals surface area contributed by atoms with Gasteiger partial charge in [-0.3, -0.25) is 10.1 Å². The zero-order valence-corrected chi connectivity index (χ0v) is 12.3. The lowest BCUT2D eigenvalue weighted by Crippen LogP contribution is -2.48. The molecule has 2 atom stereocenters. The Bertz CT molecular complexity index is 613. The molecule has 7 heteroatoms. The zero-order chi connectivity index (χ0) is 14.8. The van der Waals surface area contributed by atoms with E-state index in [1.54, 1.807) is 19.5 Å². The second kappa shape index (κ2) is 5.69. The molecule has 3 heterocycles. The summed E-state index contributed by atoms with van der Waals surface area (Å²) in [6.07, 6.45) is 4.43. The van der Waals surface area contributed by atoms with Crippen LogP contribution in [0.5, 0.6) is 5.75 Å². The van der Waals surface area contributed by atoms with E-state index in [0.717, 1.165) is 25.1 Å². The molecule has 2 aromatic rings. The van der Waals surface area contributed by atoms with E-state index in [4.69, 9.17) is 10.5 Å². The molecule has 0 radical (unpaired) electrons. The summed E-state index contributed by atoms with van der Waals surface area (Å²) in [6.45, 7) is 3.90. The number of nitrogens with one attached hydrogen (secondary N) is 1. The van der Waals surface area contributed by atoms with Crippen LogP contribution >= 0.6 is 0 Å². The second-order valence-electron chi connectivity index (χ2n) is 5.44. The highest BCUT2D eigenvalue weighted by molar-refractivity contribution is 5.63. The molecule has 0 aromatic carbocycles. The van der Waals surface area contributed by atoms with Crippen molar-refractivity contribution < 1.29 is 4.74 Å². The molecule has 0 saturated carbocycles. The first-order chi connectivity index (χ1) is 10.2. The van der Waals surface area contributed by atoms with Gasteiger partial charge in [0.15, 0.2) is 5.82 Å². The summed E-state index contributed by atoms with van der Waals surface area (Å²) in [4.78, 5) is 10.7. The number of ether oxygens (including phenoxy) is 1. The van der Waals surface area contributed by atoms with E-state index in [1.165, 1.54) is 0 Å². The van der Waals surface area contributed by atoms with Gasteiger partial charge in [-0.1, -0.05) is 6.92 Å². The third kappa shape index (κ3) is 2.69. The number of pyridine rings is 1. The van der Waals surface area contributed by atoms with E-state index in [0.29, 0.717) is 23.4 Å². The molecule has 0 spiro atoms. The van der Waals surface area contributed by atoms with Gasteiger partial charge in [0.05, 0.1) is 18.9 Å². The molecule has 0 aliphatic carbocycles. The van der Waals surface area contributed by atoms with Gasteiger partial charge in [-0.15, -0.1) is 5.10 Å². The number of hydrogen-bond donors (Lipinski definition) is 2. The van der Waals surface area contributed by atoms with E-state index in [2.05, 4.69) is 32.0 Å². The maximum atomic E-state index is 6.13. The van der Waals surface area contributed by atoms with E-state index < -0.39 is 0 Å². The summed E-state index contributed by atoms with van der Waals surface area (Å²) in [5.41, 5.74) is 6.98.